The SMILES string of the molecule is CC(C)(C)C(=O)CCCOCCOCCOCCn1cc(-c2ccc(N)cc2)nn1. The monoisotopic (exact) mass is 418 g/mol. The van der Waals surface area contributed by atoms with Crippen LogP contribution < -0.4 is 5.73 Å². The van der Waals surface area contributed by atoms with E-state index < -0.39 is 0 Å². The van der Waals surface area contributed by atoms with Crippen LogP contribution in [0.5, 0.6) is 0 Å². The third-order valence-electron chi connectivity index (χ3n) is 4.48. The molecule has 8 heteroatoms. The summed E-state index contributed by atoms with van der Waals surface area (Å²) in [4.78, 5) is 11.8. The zero-order valence-corrected chi connectivity index (χ0v) is 18.3. The number of nitrogen functional groups attached to an aromatic ring is 1. The highest BCUT2D eigenvalue weighted by Gasteiger charge is 2.19. The van der Waals surface area contributed by atoms with E-state index in [0.29, 0.717) is 52.6 Å². The number of nitrogens with zero attached hydrogens (tertiary/aromatic N) is 3. The van der Waals surface area contributed by atoms with Crippen molar-refractivity contribution in [2.75, 3.05) is 45.4 Å². The van der Waals surface area contributed by atoms with Crippen molar-refractivity contribution in [3.05, 3.63) is 30.5 Å². The van der Waals surface area contributed by atoms with Crippen LogP contribution in [0.25, 0.3) is 11.3 Å². The van der Waals surface area contributed by atoms with E-state index in [2.05, 4.69) is 10.3 Å². The lowest BCUT2D eigenvalue weighted by molar-refractivity contribution is -0.126. The number of nitrogens with two attached hydrogens (primary N) is 1. The topological polar surface area (TPSA) is 101 Å². The molecule has 1 aromatic heterocycles. The Morgan fingerprint density at radius 1 is 0.967 bits per heavy atom. The molecule has 0 bridgehead atoms. The van der Waals surface area contributed by atoms with Gasteiger partial charge in [0.15, 0.2) is 0 Å². The van der Waals surface area contributed by atoms with Gasteiger partial charge in [0, 0.05) is 29.7 Å². The van der Waals surface area contributed by atoms with E-state index in [4.69, 9.17) is 19.9 Å². The standard InChI is InChI=1S/C22H34N4O4/c1-22(2,3)21(27)5-4-11-28-13-15-30-16-14-29-12-10-26-17-20(24-25-26)18-6-8-19(23)9-7-18/h6-9,17H,4-5,10-16,23H2,1-3H3. The van der Waals surface area contributed by atoms with Gasteiger partial charge >= 0.3 is 0 Å². The molecule has 166 valence electrons. The third kappa shape index (κ3) is 9.02. The van der Waals surface area contributed by atoms with Crippen molar-refractivity contribution in [1.82, 2.24) is 15.0 Å². The normalized spacial score (nSPS) is 11.7. The molecular formula is C22H34N4O4. The van der Waals surface area contributed by atoms with Crippen molar-refractivity contribution in [3.63, 3.8) is 0 Å². The van der Waals surface area contributed by atoms with Gasteiger partial charge in [-0.1, -0.05) is 38.1 Å². The van der Waals surface area contributed by atoms with Crippen molar-refractivity contribution in [1.29, 1.82) is 0 Å². The molecule has 0 aliphatic heterocycles. The molecule has 0 aliphatic carbocycles. The van der Waals surface area contributed by atoms with E-state index in [9.17, 15) is 4.79 Å². The van der Waals surface area contributed by atoms with Crippen molar-refractivity contribution in [2.45, 2.75) is 40.2 Å². The maximum atomic E-state index is 11.8. The van der Waals surface area contributed by atoms with Gasteiger partial charge in [0.25, 0.3) is 0 Å². The minimum atomic E-state index is -0.268. The predicted octanol–water partition coefficient (Wildman–Crippen LogP) is 2.97. The van der Waals surface area contributed by atoms with E-state index in [-0.39, 0.29) is 11.2 Å². The second-order valence-electron chi connectivity index (χ2n) is 8.10. The Morgan fingerprint density at radius 2 is 1.57 bits per heavy atom. The van der Waals surface area contributed by atoms with Crippen LogP contribution in [0, 0.1) is 5.41 Å². The number of benzene rings is 1. The van der Waals surface area contributed by atoms with Gasteiger partial charge in [0.2, 0.25) is 0 Å². The van der Waals surface area contributed by atoms with E-state index in [1.54, 1.807) is 4.68 Å². The summed E-state index contributed by atoms with van der Waals surface area (Å²) in [5.41, 5.74) is 7.94. The van der Waals surface area contributed by atoms with Crippen molar-refractivity contribution in [2.24, 2.45) is 5.41 Å². The van der Waals surface area contributed by atoms with Crippen molar-refractivity contribution < 1.29 is 19.0 Å². The second-order valence-corrected chi connectivity index (χ2v) is 8.10. The van der Waals surface area contributed by atoms with Gasteiger partial charge in [-0.25, -0.2) is 4.68 Å². The highest BCUT2D eigenvalue weighted by Crippen LogP contribution is 2.18. The number of ether oxygens (including phenoxy) is 3. The first kappa shape index (κ1) is 24.0. The minimum absolute atomic E-state index is 0.268. The Morgan fingerprint density at radius 3 is 2.20 bits per heavy atom. The highest BCUT2D eigenvalue weighted by atomic mass is 16.5. The molecule has 1 aromatic carbocycles. The van der Waals surface area contributed by atoms with Crippen LogP contribution in [0.4, 0.5) is 5.69 Å². The Kier molecular flexibility index (Phi) is 9.93. The Balaban J connectivity index is 1.44. The number of aromatic nitrogens is 3. The van der Waals surface area contributed by atoms with Crippen LogP contribution in [0.2, 0.25) is 0 Å². The highest BCUT2D eigenvalue weighted by molar-refractivity contribution is 5.83. The van der Waals surface area contributed by atoms with Gasteiger partial charge in [-0.2, -0.15) is 0 Å². The average molecular weight is 419 g/mol. The van der Waals surface area contributed by atoms with Gasteiger partial charge in [-0.05, 0) is 18.6 Å². The predicted molar refractivity (Wildman–Crippen MR) is 116 cm³/mol. The number of rotatable bonds is 14. The van der Waals surface area contributed by atoms with Gasteiger partial charge in [0.05, 0.1) is 45.8 Å². The van der Waals surface area contributed by atoms with Crippen LogP contribution in [0.3, 0.4) is 0 Å². The molecule has 0 aliphatic rings. The van der Waals surface area contributed by atoms with E-state index in [0.717, 1.165) is 23.4 Å². The average Bonchev–Trinajstić information content (AvgIpc) is 3.17. The zero-order valence-electron chi connectivity index (χ0n) is 18.3. The molecule has 2 N–H and O–H groups in total. The quantitative estimate of drug-likeness (QED) is 0.372. The number of anilines is 1. The molecule has 0 amide bonds. The number of hydrogen-bond donors (Lipinski definition) is 1. The number of carbonyl (C=O) groups excluding carboxylic acids is 1. The minimum Gasteiger partial charge on any atom is -0.399 e. The molecule has 2 rings (SSSR count). The number of ketones is 1. The van der Waals surface area contributed by atoms with E-state index in [1.165, 1.54) is 0 Å². The summed E-state index contributed by atoms with van der Waals surface area (Å²) in [6.45, 7) is 9.63. The third-order valence-corrected chi connectivity index (χ3v) is 4.48. The zero-order chi connectivity index (χ0) is 21.8. The molecule has 30 heavy (non-hydrogen) atoms. The Hall–Kier alpha value is -2.29. The molecule has 8 nitrogen and oxygen atoms in total. The molecule has 0 radical (unpaired) electrons. The van der Waals surface area contributed by atoms with Gasteiger partial charge in [0.1, 0.15) is 11.5 Å². The molecule has 0 unspecified atom stereocenters. The second kappa shape index (κ2) is 12.4. The van der Waals surface area contributed by atoms with Gasteiger partial charge < -0.3 is 19.9 Å². The summed E-state index contributed by atoms with van der Waals surface area (Å²) in [6, 6.07) is 7.53. The Labute approximate surface area is 178 Å². The van der Waals surface area contributed by atoms with E-state index in [1.807, 2.05) is 51.2 Å². The number of Topliss-reactive ketones (excluding diaryl/α,β-unsaturated/α-hetero) is 1. The maximum absolute atomic E-state index is 11.8. The van der Waals surface area contributed by atoms with Crippen LogP contribution in [0.15, 0.2) is 30.5 Å². The molecule has 0 atom stereocenters. The van der Waals surface area contributed by atoms with Crippen LogP contribution in [0.1, 0.15) is 33.6 Å². The largest absolute Gasteiger partial charge is 0.399 e. The summed E-state index contributed by atoms with van der Waals surface area (Å²) in [7, 11) is 0. The van der Waals surface area contributed by atoms with Crippen LogP contribution >= 0.6 is 0 Å². The molecule has 0 fully saturated rings. The lowest BCUT2D eigenvalue weighted by atomic mass is 9.88. The first-order valence-corrected chi connectivity index (χ1v) is 10.4. The van der Waals surface area contributed by atoms with Crippen molar-refractivity contribution in [3.8, 4) is 11.3 Å². The van der Waals surface area contributed by atoms with Gasteiger partial charge in [-0.3, -0.25) is 4.79 Å². The lowest BCUT2D eigenvalue weighted by Crippen LogP contribution is -2.20. The molecular weight excluding hydrogens is 384 g/mol. The molecule has 2 aromatic rings. The fourth-order valence-electron chi connectivity index (χ4n) is 2.60. The first-order chi connectivity index (χ1) is 14.4. The van der Waals surface area contributed by atoms with Gasteiger partial charge in [-0.15, -0.1) is 5.10 Å². The number of carbonyl (C=O) groups is 1. The smallest absolute Gasteiger partial charge is 0.138 e. The summed E-state index contributed by atoms with van der Waals surface area (Å²) >= 11 is 0. The van der Waals surface area contributed by atoms with E-state index >= 15 is 0 Å². The summed E-state index contributed by atoms with van der Waals surface area (Å²) < 4.78 is 18.3. The fraction of sp³-hybridized carbons (Fsp3) is 0.591. The summed E-state index contributed by atoms with van der Waals surface area (Å²) in [5, 5.41) is 8.28. The molecule has 0 saturated heterocycles. The number of hydrogen-bond acceptors (Lipinski definition) is 7. The van der Waals surface area contributed by atoms with Crippen LogP contribution in [-0.2, 0) is 25.5 Å². The first-order valence-electron chi connectivity index (χ1n) is 10.4. The molecule has 0 saturated carbocycles. The summed E-state index contributed by atoms with van der Waals surface area (Å²) in [6.07, 6.45) is 3.20. The maximum Gasteiger partial charge on any atom is 0.138 e. The Bertz CT molecular complexity index is 753. The van der Waals surface area contributed by atoms with Crippen LogP contribution in [-0.4, -0.2) is 60.4 Å². The molecule has 1 heterocycles. The fourth-order valence-corrected chi connectivity index (χ4v) is 2.60. The molecule has 0 spiro atoms. The van der Waals surface area contributed by atoms with Crippen molar-refractivity contribution >= 4 is 11.5 Å². The summed E-state index contributed by atoms with van der Waals surface area (Å²) in [5.74, 6) is 0.270. The lowest BCUT2D eigenvalue weighted by Gasteiger charge is -2.16.